The Morgan fingerprint density at radius 1 is 1.17 bits per heavy atom. The lowest BCUT2D eigenvalue weighted by atomic mass is 9.67. The molecule has 0 radical (unpaired) electrons. The fourth-order valence-corrected chi connectivity index (χ4v) is 5.59. The van der Waals surface area contributed by atoms with Crippen molar-refractivity contribution in [3.8, 4) is 0 Å². The first kappa shape index (κ1) is 21.0. The molecule has 30 heavy (non-hydrogen) atoms. The number of nitrogens with zero attached hydrogens (tertiary/aromatic N) is 1. The molecule has 2 aliphatic carbocycles. The van der Waals surface area contributed by atoms with Gasteiger partial charge in [0.25, 0.3) is 0 Å². The van der Waals surface area contributed by atoms with Crippen molar-refractivity contribution in [2.45, 2.75) is 72.3 Å². The molecule has 1 heteroatoms. The van der Waals surface area contributed by atoms with Crippen LogP contribution in [0.3, 0.4) is 0 Å². The van der Waals surface area contributed by atoms with Crippen LogP contribution in [0, 0.1) is 5.41 Å². The Hall–Kier alpha value is -2.28. The van der Waals surface area contributed by atoms with Crippen LogP contribution in [0.4, 0.5) is 5.69 Å². The number of rotatable bonds is 6. The molecule has 0 N–H and O–H groups in total. The standard InChI is InChI=1S/C29H37N/c1-7-8-9-10-11-12-30-22(4)14-21(3)26-16-24-17-27-25(15-23(24)18-28(26)30)13-20(2)19-29(27,5)6/h7,13-14,16-18,22H,1-2,8-12,15,19H2,3-6H3. The molecular weight excluding hydrogens is 362 g/mol. The lowest BCUT2D eigenvalue weighted by molar-refractivity contribution is 0.443. The molecule has 0 fully saturated rings. The SMILES string of the molecule is C=CCCCCCN1c2cc3c(cc2C(C)=CC1C)C=C1C(=CC(=C)CC1(C)C)C3. The smallest absolute Gasteiger partial charge is 0.0450 e. The third kappa shape index (κ3) is 3.87. The Morgan fingerprint density at radius 2 is 1.97 bits per heavy atom. The molecule has 1 aromatic rings. The van der Waals surface area contributed by atoms with Gasteiger partial charge in [-0.3, -0.25) is 0 Å². The first-order valence-electron chi connectivity index (χ1n) is 11.6. The van der Waals surface area contributed by atoms with Crippen LogP contribution in [0.25, 0.3) is 11.6 Å². The Labute approximate surface area is 183 Å². The second-order valence-corrected chi connectivity index (χ2v) is 10.1. The molecule has 0 bridgehead atoms. The average Bonchev–Trinajstić information content (AvgIpc) is 2.67. The van der Waals surface area contributed by atoms with Crippen molar-refractivity contribution in [3.05, 3.63) is 76.9 Å². The van der Waals surface area contributed by atoms with Crippen molar-refractivity contribution in [2.75, 3.05) is 11.4 Å². The normalized spacial score (nSPS) is 21.7. The zero-order valence-corrected chi connectivity index (χ0v) is 19.4. The minimum atomic E-state index is 0.172. The molecule has 1 aliphatic heterocycles. The van der Waals surface area contributed by atoms with Crippen molar-refractivity contribution in [2.24, 2.45) is 5.41 Å². The van der Waals surface area contributed by atoms with Crippen LogP contribution in [0.2, 0.25) is 0 Å². The number of allylic oxidation sites excluding steroid dienone is 6. The van der Waals surface area contributed by atoms with Crippen LogP contribution >= 0.6 is 0 Å². The van der Waals surface area contributed by atoms with E-state index in [0.717, 1.165) is 25.8 Å². The van der Waals surface area contributed by atoms with Gasteiger partial charge in [-0.25, -0.2) is 0 Å². The molecule has 1 unspecified atom stereocenters. The van der Waals surface area contributed by atoms with Crippen molar-refractivity contribution >= 4 is 17.3 Å². The summed E-state index contributed by atoms with van der Waals surface area (Å²) in [5.74, 6) is 0. The quantitative estimate of drug-likeness (QED) is 0.347. The minimum Gasteiger partial charge on any atom is -0.365 e. The molecule has 0 spiro atoms. The molecule has 4 rings (SSSR count). The highest BCUT2D eigenvalue weighted by Gasteiger charge is 2.33. The van der Waals surface area contributed by atoms with E-state index in [9.17, 15) is 0 Å². The van der Waals surface area contributed by atoms with Gasteiger partial charge < -0.3 is 4.90 Å². The highest BCUT2D eigenvalue weighted by molar-refractivity contribution is 5.84. The first-order valence-corrected chi connectivity index (χ1v) is 11.6. The molecule has 3 aliphatic rings. The summed E-state index contributed by atoms with van der Waals surface area (Å²) in [5.41, 5.74) is 11.6. The minimum absolute atomic E-state index is 0.172. The second kappa shape index (κ2) is 8.10. The highest BCUT2D eigenvalue weighted by atomic mass is 15.2. The van der Waals surface area contributed by atoms with E-state index >= 15 is 0 Å². The Kier molecular flexibility index (Phi) is 5.66. The molecule has 1 atom stereocenters. The Bertz CT molecular complexity index is 966. The fraction of sp³-hybridized carbons (Fsp3) is 0.448. The summed E-state index contributed by atoms with van der Waals surface area (Å²) in [6.07, 6.45) is 16.2. The van der Waals surface area contributed by atoms with Gasteiger partial charge in [0, 0.05) is 23.8 Å². The van der Waals surface area contributed by atoms with Gasteiger partial charge in [0.2, 0.25) is 0 Å². The Morgan fingerprint density at radius 3 is 2.73 bits per heavy atom. The van der Waals surface area contributed by atoms with E-state index in [1.807, 2.05) is 6.08 Å². The predicted octanol–water partition coefficient (Wildman–Crippen LogP) is 7.90. The number of anilines is 1. The first-order chi connectivity index (χ1) is 14.3. The number of fused-ring (bicyclic) bond motifs is 3. The van der Waals surface area contributed by atoms with E-state index in [1.54, 1.807) is 0 Å². The van der Waals surface area contributed by atoms with Crippen LogP contribution in [0.15, 0.2) is 60.2 Å². The van der Waals surface area contributed by atoms with E-state index in [0.29, 0.717) is 6.04 Å². The van der Waals surface area contributed by atoms with Crippen LogP contribution in [-0.4, -0.2) is 12.6 Å². The largest absolute Gasteiger partial charge is 0.365 e. The monoisotopic (exact) mass is 399 g/mol. The van der Waals surface area contributed by atoms with Gasteiger partial charge in [-0.05, 0) is 91.3 Å². The van der Waals surface area contributed by atoms with Gasteiger partial charge in [0.1, 0.15) is 0 Å². The summed E-state index contributed by atoms with van der Waals surface area (Å²) in [6.45, 7) is 18.6. The molecular formula is C29H37N. The van der Waals surface area contributed by atoms with Crippen molar-refractivity contribution in [1.29, 1.82) is 0 Å². The van der Waals surface area contributed by atoms with Crippen molar-refractivity contribution in [1.82, 2.24) is 0 Å². The number of hydrogen-bond donors (Lipinski definition) is 0. The van der Waals surface area contributed by atoms with Gasteiger partial charge in [-0.1, -0.05) is 56.7 Å². The van der Waals surface area contributed by atoms with Crippen molar-refractivity contribution in [3.63, 3.8) is 0 Å². The van der Waals surface area contributed by atoms with E-state index in [-0.39, 0.29) is 5.41 Å². The molecule has 0 saturated heterocycles. The molecule has 0 aromatic heterocycles. The number of unbranched alkanes of at least 4 members (excludes halogenated alkanes) is 3. The maximum absolute atomic E-state index is 4.29. The van der Waals surface area contributed by atoms with Gasteiger partial charge in [-0.15, -0.1) is 6.58 Å². The predicted molar refractivity (Wildman–Crippen MR) is 133 cm³/mol. The maximum atomic E-state index is 4.29. The van der Waals surface area contributed by atoms with Gasteiger partial charge in [-0.2, -0.15) is 0 Å². The zero-order valence-electron chi connectivity index (χ0n) is 19.4. The number of benzene rings is 1. The zero-order chi connectivity index (χ0) is 21.5. The molecule has 1 aromatic carbocycles. The molecule has 158 valence electrons. The van der Waals surface area contributed by atoms with Crippen LogP contribution in [0.5, 0.6) is 0 Å². The van der Waals surface area contributed by atoms with E-state index < -0.39 is 0 Å². The average molecular weight is 400 g/mol. The van der Waals surface area contributed by atoms with Gasteiger partial charge >= 0.3 is 0 Å². The van der Waals surface area contributed by atoms with E-state index in [4.69, 9.17) is 0 Å². The highest BCUT2D eigenvalue weighted by Crippen LogP contribution is 2.48. The summed E-state index contributed by atoms with van der Waals surface area (Å²) in [6, 6.07) is 5.40. The topological polar surface area (TPSA) is 3.24 Å². The summed E-state index contributed by atoms with van der Waals surface area (Å²) >= 11 is 0. The van der Waals surface area contributed by atoms with Crippen molar-refractivity contribution < 1.29 is 0 Å². The second-order valence-electron chi connectivity index (χ2n) is 10.1. The van der Waals surface area contributed by atoms with Crippen LogP contribution < -0.4 is 4.90 Å². The van der Waals surface area contributed by atoms with E-state index in [1.165, 1.54) is 63.9 Å². The van der Waals surface area contributed by atoms with Gasteiger partial charge in [0.15, 0.2) is 0 Å². The maximum Gasteiger partial charge on any atom is 0.0450 e. The third-order valence-electron chi connectivity index (χ3n) is 7.09. The Balaban J connectivity index is 1.69. The van der Waals surface area contributed by atoms with Gasteiger partial charge in [0.05, 0.1) is 0 Å². The van der Waals surface area contributed by atoms with Crippen LogP contribution in [-0.2, 0) is 6.42 Å². The summed E-state index contributed by atoms with van der Waals surface area (Å²) in [4.78, 5) is 2.62. The molecule has 1 nitrogen and oxygen atoms in total. The molecule has 0 amide bonds. The number of hydrogen-bond acceptors (Lipinski definition) is 1. The lowest BCUT2D eigenvalue weighted by Crippen LogP contribution is -2.36. The summed E-state index contributed by atoms with van der Waals surface area (Å²) in [7, 11) is 0. The summed E-state index contributed by atoms with van der Waals surface area (Å²) in [5, 5.41) is 0. The lowest BCUT2D eigenvalue weighted by Gasteiger charge is -2.39. The van der Waals surface area contributed by atoms with Crippen LogP contribution in [0.1, 0.15) is 76.5 Å². The van der Waals surface area contributed by atoms with E-state index in [2.05, 4.69) is 76.1 Å². The molecule has 1 heterocycles. The third-order valence-corrected chi connectivity index (χ3v) is 7.09. The summed E-state index contributed by atoms with van der Waals surface area (Å²) < 4.78 is 0. The fourth-order valence-electron chi connectivity index (χ4n) is 5.59. The molecule has 0 saturated carbocycles.